The molecule has 2 N–H and O–H groups in total. The van der Waals surface area contributed by atoms with Gasteiger partial charge in [0.05, 0.1) is 0 Å². The molecule has 2 atom stereocenters. The van der Waals surface area contributed by atoms with Gasteiger partial charge < -0.3 is 5.73 Å². The Labute approximate surface area is 69.2 Å². The highest BCUT2D eigenvalue weighted by atomic mass is 16.1. The van der Waals surface area contributed by atoms with Gasteiger partial charge in [-0.3, -0.25) is 4.79 Å². The summed E-state index contributed by atoms with van der Waals surface area (Å²) in [5, 5.41) is 0. The van der Waals surface area contributed by atoms with E-state index in [9.17, 15) is 4.79 Å². The van der Waals surface area contributed by atoms with E-state index in [0.717, 1.165) is 12.8 Å². The van der Waals surface area contributed by atoms with Crippen molar-refractivity contribution in [2.24, 2.45) is 17.1 Å². The molecular formula is C9H19NO. The van der Waals surface area contributed by atoms with Gasteiger partial charge in [0.15, 0.2) is 0 Å². The molecule has 1 amide bonds. The molecule has 2 heteroatoms. The van der Waals surface area contributed by atoms with E-state index in [0.29, 0.717) is 5.92 Å². The summed E-state index contributed by atoms with van der Waals surface area (Å²) in [6.45, 7) is 8.12. The molecule has 66 valence electrons. The highest BCUT2D eigenvalue weighted by Gasteiger charge is 2.33. The van der Waals surface area contributed by atoms with Crippen LogP contribution in [0.2, 0.25) is 0 Å². The van der Waals surface area contributed by atoms with Crippen LogP contribution in [0.3, 0.4) is 0 Å². The van der Waals surface area contributed by atoms with E-state index >= 15 is 0 Å². The van der Waals surface area contributed by atoms with Crippen LogP contribution in [0, 0.1) is 11.3 Å². The van der Waals surface area contributed by atoms with Crippen LogP contribution >= 0.6 is 0 Å². The molecule has 0 aliphatic heterocycles. The lowest BCUT2D eigenvalue weighted by Crippen LogP contribution is -2.39. The zero-order valence-electron chi connectivity index (χ0n) is 7.98. The molecule has 0 bridgehead atoms. The first-order valence-electron chi connectivity index (χ1n) is 4.28. The molecule has 0 spiro atoms. The van der Waals surface area contributed by atoms with Crippen LogP contribution in [-0.2, 0) is 4.79 Å². The summed E-state index contributed by atoms with van der Waals surface area (Å²) in [5.74, 6) is 0.208. The molecule has 0 aromatic rings. The van der Waals surface area contributed by atoms with Crippen LogP contribution in [-0.4, -0.2) is 5.91 Å². The SMILES string of the molecule is CCC(C)C(C)(CC)C(N)=O. The van der Waals surface area contributed by atoms with Crippen molar-refractivity contribution in [3.63, 3.8) is 0 Å². The molecule has 0 saturated heterocycles. The van der Waals surface area contributed by atoms with Crippen LogP contribution in [0.1, 0.15) is 40.5 Å². The number of amides is 1. The third kappa shape index (κ3) is 1.95. The Morgan fingerprint density at radius 2 is 2.00 bits per heavy atom. The zero-order chi connectivity index (χ0) is 9.07. The average Bonchev–Trinajstić information content (AvgIpc) is 2.01. The molecule has 0 radical (unpaired) electrons. The third-order valence-electron chi connectivity index (χ3n) is 3.00. The number of carbonyl (C=O) groups excluding carboxylic acids is 1. The van der Waals surface area contributed by atoms with Gasteiger partial charge >= 0.3 is 0 Å². The van der Waals surface area contributed by atoms with Crippen LogP contribution < -0.4 is 5.73 Å². The van der Waals surface area contributed by atoms with E-state index in [1.807, 2.05) is 13.8 Å². The van der Waals surface area contributed by atoms with Crippen molar-refractivity contribution in [3.8, 4) is 0 Å². The van der Waals surface area contributed by atoms with Gasteiger partial charge in [0, 0.05) is 5.41 Å². The molecule has 11 heavy (non-hydrogen) atoms. The van der Waals surface area contributed by atoms with Crippen molar-refractivity contribution in [2.75, 3.05) is 0 Å². The van der Waals surface area contributed by atoms with Crippen molar-refractivity contribution in [3.05, 3.63) is 0 Å². The van der Waals surface area contributed by atoms with E-state index in [4.69, 9.17) is 5.73 Å². The number of nitrogens with two attached hydrogens (primary N) is 1. The van der Waals surface area contributed by atoms with Crippen molar-refractivity contribution < 1.29 is 4.79 Å². The van der Waals surface area contributed by atoms with Gasteiger partial charge in [-0.15, -0.1) is 0 Å². The van der Waals surface area contributed by atoms with Crippen LogP contribution in [0.5, 0.6) is 0 Å². The summed E-state index contributed by atoms with van der Waals surface area (Å²) in [7, 11) is 0. The maximum absolute atomic E-state index is 11.1. The Balaban J connectivity index is 4.45. The molecule has 0 aliphatic rings. The summed E-state index contributed by atoms with van der Waals surface area (Å²) in [6.07, 6.45) is 1.84. The number of hydrogen-bond donors (Lipinski definition) is 1. The topological polar surface area (TPSA) is 43.1 Å². The van der Waals surface area contributed by atoms with Gasteiger partial charge in [-0.25, -0.2) is 0 Å². The number of primary amides is 1. The highest BCUT2D eigenvalue weighted by Crippen LogP contribution is 2.32. The Morgan fingerprint density at radius 1 is 1.55 bits per heavy atom. The first kappa shape index (κ1) is 10.5. The molecule has 0 aliphatic carbocycles. The minimum atomic E-state index is -0.311. The lowest BCUT2D eigenvalue weighted by atomic mass is 9.74. The smallest absolute Gasteiger partial charge is 0.223 e. The largest absolute Gasteiger partial charge is 0.369 e. The minimum Gasteiger partial charge on any atom is -0.369 e. The van der Waals surface area contributed by atoms with E-state index in [-0.39, 0.29) is 11.3 Å². The molecule has 0 heterocycles. The predicted octanol–water partition coefficient (Wildman–Crippen LogP) is 1.93. The molecule has 0 aromatic carbocycles. The lowest BCUT2D eigenvalue weighted by molar-refractivity contribution is -0.129. The molecule has 0 saturated carbocycles. The minimum absolute atomic E-state index is 0.172. The summed E-state index contributed by atoms with van der Waals surface area (Å²) >= 11 is 0. The fraction of sp³-hybridized carbons (Fsp3) is 0.889. The van der Waals surface area contributed by atoms with Crippen LogP contribution in [0.15, 0.2) is 0 Å². The first-order chi connectivity index (χ1) is 4.99. The fourth-order valence-corrected chi connectivity index (χ4v) is 1.22. The zero-order valence-corrected chi connectivity index (χ0v) is 7.98. The summed E-state index contributed by atoms with van der Waals surface area (Å²) < 4.78 is 0. The van der Waals surface area contributed by atoms with E-state index in [1.165, 1.54) is 0 Å². The van der Waals surface area contributed by atoms with Gasteiger partial charge in [-0.1, -0.05) is 34.1 Å². The van der Waals surface area contributed by atoms with Crippen LogP contribution in [0.4, 0.5) is 0 Å². The molecule has 0 fully saturated rings. The van der Waals surface area contributed by atoms with E-state index in [2.05, 4.69) is 13.8 Å². The van der Waals surface area contributed by atoms with Gasteiger partial charge in [-0.05, 0) is 12.3 Å². The third-order valence-corrected chi connectivity index (χ3v) is 3.00. The number of carbonyl (C=O) groups is 1. The van der Waals surface area contributed by atoms with E-state index in [1.54, 1.807) is 0 Å². The average molecular weight is 157 g/mol. The lowest BCUT2D eigenvalue weighted by Gasteiger charge is -2.30. The summed E-state index contributed by atoms with van der Waals surface area (Å²) in [4.78, 5) is 11.1. The number of rotatable bonds is 4. The highest BCUT2D eigenvalue weighted by molar-refractivity contribution is 5.80. The monoisotopic (exact) mass is 157 g/mol. The van der Waals surface area contributed by atoms with Crippen LogP contribution in [0.25, 0.3) is 0 Å². The summed E-state index contributed by atoms with van der Waals surface area (Å²) in [6, 6.07) is 0. The van der Waals surface area contributed by atoms with Gasteiger partial charge in [0.2, 0.25) is 5.91 Å². The first-order valence-corrected chi connectivity index (χ1v) is 4.28. The maximum Gasteiger partial charge on any atom is 0.223 e. The Kier molecular flexibility index (Phi) is 3.56. The second-order valence-corrected chi connectivity index (χ2v) is 3.44. The van der Waals surface area contributed by atoms with Crippen molar-refractivity contribution >= 4 is 5.91 Å². The normalized spacial score (nSPS) is 18.9. The van der Waals surface area contributed by atoms with E-state index < -0.39 is 0 Å². The molecule has 2 unspecified atom stereocenters. The van der Waals surface area contributed by atoms with Gasteiger partial charge in [0.1, 0.15) is 0 Å². The Hall–Kier alpha value is -0.530. The Bertz CT molecular complexity index is 144. The van der Waals surface area contributed by atoms with Crippen molar-refractivity contribution in [1.82, 2.24) is 0 Å². The Morgan fingerprint density at radius 3 is 2.09 bits per heavy atom. The summed E-state index contributed by atoms with van der Waals surface area (Å²) in [5.41, 5.74) is 5.01. The molecular weight excluding hydrogens is 138 g/mol. The quantitative estimate of drug-likeness (QED) is 0.665. The maximum atomic E-state index is 11.1. The van der Waals surface area contributed by atoms with Crippen molar-refractivity contribution in [1.29, 1.82) is 0 Å². The standard InChI is InChI=1S/C9H19NO/c1-5-7(3)9(4,6-2)8(10)11/h7H,5-6H2,1-4H3,(H2,10,11). The number of hydrogen-bond acceptors (Lipinski definition) is 1. The predicted molar refractivity (Wildman–Crippen MR) is 47.0 cm³/mol. The molecule has 0 aromatic heterocycles. The molecule has 0 rings (SSSR count). The second-order valence-electron chi connectivity index (χ2n) is 3.44. The van der Waals surface area contributed by atoms with Crippen molar-refractivity contribution in [2.45, 2.75) is 40.5 Å². The van der Waals surface area contributed by atoms with Gasteiger partial charge in [-0.2, -0.15) is 0 Å². The fourth-order valence-electron chi connectivity index (χ4n) is 1.22. The molecule has 2 nitrogen and oxygen atoms in total. The van der Waals surface area contributed by atoms with Gasteiger partial charge in [0.25, 0.3) is 0 Å². The second kappa shape index (κ2) is 3.74.